The number of rotatable bonds is 9. The van der Waals surface area contributed by atoms with Crippen molar-refractivity contribution >= 4 is 33.8 Å². The smallest absolute Gasteiger partial charge is 0.324 e. The van der Waals surface area contributed by atoms with Gasteiger partial charge >= 0.3 is 17.1 Å². The molecule has 0 bridgehead atoms. The Kier molecular flexibility index (Phi) is 7.57. The van der Waals surface area contributed by atoms with Gasteiger partial charge in [0.15, 0.2) is 16.6 Å². The third-order valence-corrected chi connectivity index (χ3v) is 15.8. The standard InChI is InChI=1S/C12H34O4Si4/c1-13-19(9,15-17(3,4)5)11-12-20(10,14-2)16-18(6,7)8/h11-12H2,1-10H3. The van der Waals surface area contributed by atoms with Gasteiger partial charge in [-0.2, -0.15) is 0 Å². The van der Waals surface area contributed by atoms with Gasteiger partial charge in [0.1, 0.15) is 0 Å². The first-order valence-electron chi connectivity index (χ1n) is 7.25. The van der Waals surface area contributed by atoms with E-state index in [1.54, 1.807) is 14.2 Å². The molecule has 0 N–H and O–H groups in total. The maximum absolute atomic E-state index is 6.32. The predicted molar refractivity (Wildman–Crippen MR) is 95.7 cm³/mol. The van der Waals surface area contributed by atoms with Crippen LogP contribution in [0.2, 0.25) is 64.5 Å². The van der Waals surface area contributed by atoms with Gasteiger partial charge in [-0.05, 0) is 64.5 Å². The van der Waals surface area contributed by atoms with E-state index in [9.17, 15) is 0 Å². The van der Waals surface area contributed by atoms with Crippen LogP contribution in [0.25, 0.3) is 0 Å². The SMILES string of the molecule is CO[Si](C)(CC[Si](C)(OC)O[Si](C)(C)C)O[Si](C)(C)C. The van der Waals surface area contributed by atoms with Crippen LogP contribution in [-0.2, 0) is 17.1 Å². The Bertz CT molecular complexity index is 273. The predicted octanol–water partition coefficient (Wildman–Crippen LogP) is 4.13. The van der Waals surface area contributed by atoms with Gasteiger partial charge in [-0.1, -0.05) is 0 Å². The molecule has 0 aromatic heterocycles. The van der Waals surface area contributed by atoms with Gasteiger partial charge in [0.2, 0.25) is 0 Å². The van der Waals surface area contributed by atoms with E-state index in [1.807, 2.05) is 0 Å². The van der Waals surface area contributed by atoms with E-state index >= 15 is 0 Å². The molecule has 0 aromatic rings. The Morgan fingerprint density at radius 1 is 0.550 bits per heavy atom. The molecular weight excluding hydrogens is 320 g/mol. The highest BCUT2D eigenvalue weighted by atomic mass is 28.4. The van der Waals surface area contributed by atoms with Crippen LogP contribution in [-0.4, -0.2) is 48.0 Å². The van der Waals surface area contributed by atoms with Crippen LogP contribution in [0.1, 0.15) is 0 Å². The second-order valence-electron chi connectivity index (χ2n) is 7.60. The first kappa shape index (κ1) is 20.7. The summed E-state index contributed by atoms with van der Waals surface area (Å²) < 4.78 is 24.2. The second-order valence-corrected chi connectivity index (χ2v) is 24.0. The summed E-state index contributed by atoms with van der Waals surface area (Å²) in [7, 11) is -3.84. The summed E-state index contributed by atoms with van der Waals surface area (Å²) in [6.45, 7) is 17.6. The Labute approximate surface area is 129 Å². The lowest BCUT2D eigenvalue weighted by molar-refractivity contribution is 0.288. The molecule has 20 heavy (non-hydrogen) atoms. The van der Waals surface area contributed by atoms with E-state index in [4.69, 9.17) is 17.1 Å². The summed E-state index contributed by atoms with van der Waals surface area (Å²) in [6, 6.07) is 1.88. The van der Waals surface area contributed by atoms with Crippen molar-refractivity contribution in [2.45, 2.75) is 64.5 Å². The molecule has 0 heterocycles. The molecule has 4 nitrogen and oxygen atoms in total. The van der Waals surface area contributed by atoms with Crippen LogP contribution in [0, 0.1) is 0 Å². The van der Waals surface area contributed by atoms with E-state index in [1.165, 1.54) is 0 Å². The number of hydrogen-bond donors (Lipinski definition) is 0. The molecule has 0 fully saturated rings. The minimum Gasteiger partial charge on any atom is -0.436 e. The quantitative estimate of drug-likeness (QED) is 0.583. The molecular formula is C12H34O4Si4. The monoisotopic (exact) mass is 354 g/mol. The van der Waals surface area contributed by atoms with Crippen LogP contribution in [0.4, 0.5) is 0 Å². The zero-order valence-corrected chi connectivity index (χ0v) is 19.0. The van der Waals surface area contributed by atoms with Crippen molar-refractivity contribution < 1.29 is 17.1 Å². The Balaban J connectivity index is 4.75. The Morgan fingerprint density at radius 2 is 0.800 bits per heavy atom. The molecule has 122 valence electrons. The number of hydrogen-bond acceptors (Lipinski definition) is 4. The maximum atomic E-state index is 6.32. The summed E-state index contributed by atoms with van der Waals surface area (Å²) in [5.74, 6) is 0. The third kappa shape index (κ3) is 8.88. The zero-order valence-electron chi connectivity index (χ0n) is 15.0. The summed E-state index contributed by atoms with van der Waals surface area (Å²) in [5, 5.41) is 0. The molecule has 0 rings (SSSR count). The van der Waals surface area contributed by atoms with Crippen molar-refractivity contribution in [1.82, 2.24) is 0 Å². The highest BCUT2D eigenvalue weighted by Crippen LogP contribution is 2.27. The van der Waals surface area contributed by atoms with Gasteiger partial charge in [0, 0.05) is 14.2 Å². The maximum Gasteiger partial charge on any atom is 0.324 e. The molecule has 0 aliphatic carbocycles. The lowest BCUT2D eigenvalue weighted by Crippen LogP contribution is -2.51. The molecule has 0 aliphatic heterocycles. The molecule has 8 heteroatoms. The van der Waals surface area contributed by atoms with Gasteiger partial charge in [-0.3, -0.25) is 0 Å². The minimum absolute atomic E-state index is 0.939. The van der Waals surface area contributed by atoms with Crippen LogP contribution in [0.15, 0.2) is 0 Å². The average molecular weight is 355 g/mol. The van der Waals surface area contributed by atoms with Gasteiger partial charge < -0.3 is 17.1 Å². The van der Waals surface area contributed by atoms with E-state index in [0.717, 1.165) is 12.1 Å². The van der Waals surface area contributed by atoms with Crippen LogP contribution >= 0.6 is 0 Å². The van der Waals surface area contributed by atoms with Crippen LogP contribution in [0.3, 0.4) is 0 Å². The van der Waals surface area contributed by atoms with Gasteiger partial charge in [0.25, 0.3) is 0 Å². The lowest BCUT2D eigenvalue weighted by Gasteiger charge is -2.37. The van der Waals surface area contributed by atoms with Gasteiger partial charge in [-0.25, -0.2) is 0 Å². The highest BCUT2D eigenvalue weighted by molar-refractivity contribution is 6.84. The average Bonchev–Trinajstić information content (AvgIpc) is 2.22. The fraction of sp³-hybridized carbons (Fsp3) is 1.00. The summed E-state index contributed by atoms with van der Waals surface area (Å²) in [6.07, 6.45) is 0. The van der Waals surface area contributed by atoms with E-state index in [2.05, 4.69) is 52.4 Å². The molecule has 0 aliphatic rings. The first-order chi connectivity index (χ1) is 8.74. The topological polar surface area (TPSA) is 36.9 Å². The Morgan fingerprint density at radius 3 is 0.950 bits per heavy atom. The fourth-order valence-corrected chi connectivity index (χ4v) is 18.0. The molecule has 0 amide bonds. The molecule has 2 atom stereocenters. The summed E-state index contributed by atoms with van der Waals surface area (Å²) >= 11 is 0. The van der Waals surface area contributed by atoms with E-state index in [-0.39, 0.29) is 0 Å². The third-order valence-electron chi connectivity index (χ3n) is 2.94. The molecule has 2 unspecified atom stereocenters. The van der Waals surface area contributed by atoms with Crippen molar-refractivity contribution in [3.05, 3.63) is 0 Å². The van der Waals surface area contributed by atoms with E-state index < -0.39 is 33.8 Å². The zero-order chi connectivity index (χ0) is 16.2. The van der Waals surface area contributed by atoms with E-state index in [0.29, 0.717) is 0 Å². The largest absolute Gasteiger partial charge is 0.436 e. The van der Waals surface area contributed by atoms with Crippen LogP contribution < -0.4 is 0 Å². The van der Waals surface area contributed by atoms with Crippen molar-refractivity contribution in [1.29, 1.82) is 0 Å². The van der Waals surface area contributed by atoms with Crippen molar-refractivity contribution in [2.75, 3.05) is 14.2 Å². The second kappa shape index (κ2) is 7.31. The molecule has 0 spiro atoms. The van der Waals surface area contributed by atoms with Crippen molar-refractivity contribution in [2.24, 2.45) is 0 Å². The van der Waals surface area contributed by atoms with Crippen molar-refractivity contribution in [3.63, 3.8) is 0 Å². The Hall–Kier alpha value is 0.708. The summed E-state index contributed by atoms with van der Waals surface area (Å²) in [5.41, 5.74) is 0. The summed E-state index contributed by atoms with van der Waals surface area (Å²) in [4.78, 5) is 0. The first-order valence-corrected chi connectivity index (χ1v) is 19.1. The molecule has 0 saturated carbocycles. The van der Waals surface area contributed by atoms with Gasteiger partial charge in [-0.15, -0.1) is 0 Å². The van der Waals surface area contributed by atoms with Gasteiger partial charge in [0.05, 0.1) is 0 Å². The lowest BCUT2D eigenvalue weighted by atomic mass is 10.9. The molecule has 0 aromatic carbocycles. The molecule has 0 radical (unpaired) electrons. The highest BCUT2D eigenvalue weighted by Gasteiger charge is 2.42. The molecule has 0 saturated heterocycles. The van der Waals surface area contributed by atoms with Crippen molar-refractivity contribution in [3.8, 4) is 0 Å². The minimum atomic E-state index is -2.11. The fourth-order valence-electron chi connectivity index (χ4n) is 2.14. The normalized spacial score (nSPS) is 19.5. The van der Waals surface area contributed by atoms with Crippen LogP contribution in [0.5, 0.6) is 0 Å².